The zero-order valence-corrected chi connectivity index (χ0v) is 15.9. The molecule has 2 aliphatic rings. The zero-order valence-electron chi connectivity index (χ0n) is 15.9. The van der Waals surface area contributed by atoms with E-state index in [2.05, 4.69) is 29.2 Å². The third kappa shape index (κ3) is 4.06. The minimum Gasteiger partial charge on any atom is -0.338 e. The minimum atomic E-state index is -0.252. The van der Waals surface area contributed by atoms with Crippen molar-refractivity contribution in [1.29, 1.82) is 0 Å². The smallest absolute Gasteiger partial charge is 0.237 e. The van der Waals surface area contributed by atoms with Gasteiger partial charge in [0.25, 0.3) is 0 Å². The van der Waals surface area contributed by atoms with Gasteiger partial charge in [-0.3, -0.25) is 9.69 Å². The van der Waals surface area contributed by atoms with E-state index in [4.69, 9.17) is 0 Å². The highest BCUT2D eigenvalue weighted by Crippen LogP contribution is 2.41. The minimum absolute atomic E-state index is 0.137. The number of nitrogens with zero attached hydrogens (tertiary/aromatic N) is 2. The van der Waals surface area contributed by atoms with Crippen LogP contribution in [0.5, 0.6) is 0 Å². The number of rotatable bonds is 7. The fourth-order valence-electron chi connectivity index (χ4n) is 4.27. The summed E-state index contributed by atoms with van der Waals surface area (Å²) in [5.41, 5.74) is 3.66. The molecular formula is C23H27FN2O. The van der Waals surface area contributed by atoms with E-state index in [1.165, 1.54) is 36.1 Å². The van der Waals surface area contributed by atoms with Gasteiger partial charge in [-0.15, -0.1) is 0 Å². The molecular weight excluding hydrogens is 339 g/mol. The van der Waals surface area contributed by atoms with Crippen LogP contribution in [-0.4, -0.2) is 34.8 Å². The van der Waals surface area contributed by atoms with Gasteiger partial charge in [-0.25, -0.2) is 4.39 Å². The standard InChI is InChI=1S/C23H27FN2O/c1-2-25(15-17-6-5-8-19(24)14-17)23(27)16-26(20-11-12-20)22-13-10-18-7-3-4-9-21(18)22/h3-9,14,20,22H,2,10-13,15-16H2,1H3. The van der Waals surface area contributed by atoms with Crippen LogP contribution < -0.4 is 0 Å². The lowest BCUT2D eigenvalue weighted by atomic mass is 10.1. The summed E-state index contributed by atoms with van der Waals surface area (Å²) in [5.74, 6) is -0.115. The highest BCUT2D eigenvalue weighted by molar-refractivity contribution is 5.78. The van der Waals surface area contributed by atoms with E-state index in [0.717, 1.165) is 18.4 Å². The highest BCUT2D eigenvalue weighted by Gasteiger charge is 2.38. The predicted molar refractivity (Wildman–Crippen MR) is 105 cm³/mol. The van der Waals surface area contributed by atoms with Crippen LogP contribution in [0.1, 0.15) is 48.9 Å². The Hall–Kier alpha value is -2.20. The molecule has 2 aliphatic carbocycles. The summed E-state index contributed by atoms with van der Waals surface area (Å²) in [7, 11) is 0. The number of hydrogen-bond acceptors (Lipinski definition) is 2. The van der Waals surface area contributed by atoms with Gasteiger partial charge in [0.15, 0.2) is 0 Å². The normalized spacial score (nSPS) is 18.6. The third-order valence-corrected chi connectivity index (χ3v) is 5.83. The quantitative estimate of drug-likeness (QED) is 0.728. The van der Waals surface area contributed by atoms with Crippen LogP contribution in [0.25, 0.3) is 0 Å². The van der Waals surface area contributed by atoms with Crippen LogP contribution >= 0.6 is 0 Å². The molecule has 27 heavy (non-hydrogen) atoms. The number of carbonyl (C=O) groups is 1. The van der Waals surface area contributed by atoms with Crippen LogP contribution in [0, 0.1) is 5.82 Å². The summed E-state index contributed by atoms with van der Waals surface area (Å²) in [5, 5.41) is 0. The molecule has 0 spiro atoms. The molecule has 1 amide bonds. The molecule has 2 aromatic rings. The number of aryl methyl sites for hydroxylation is 1. The number of hydrogen-bond donors (Lipinski definition) is 0. The molecule has 142 valence electrons. The van der Waals surface area contributed by atoms with Gasteiger partial charge in [0.1, 0.15) is 5.82 Å². The second kappa shape index (κ2) is 7.81. The maximum atomic E-state index is 13.5. The van der Waals surface area contributed by atoms with Crippen molar-refractivity contribution in [3.05, 3.63) is 71.0 Å². The lowest BCUT2D eigenvalue weighted by molar-refractivity contribution is -0.133. The Labute approximate surface area is 160 Å². The average molecular weight is 366 g/mol. The SMILES string of the molecule is CCN(Cc1cccc(F)c1)C(=O)CN(C1CC1)C1CCc2ccccc21. The van der Waals surface area contributed by atoms with Gasteiger partial charge in [0, 0.05) is 25.2 Å². The monoisotopic (exact) mass is 366 g/mol. The molecule has 0 N–H and O–H groups in total. The molecule has 1 saturated carbocycles. The van der Waals surface area contributed by atoms with E-state index < -0.39 is 0 Å². The Morgan fingerprint density at radius 3 is 2.67 bits per heavy atom. The van der Waals surface area contributed by atoms with Crippen molar-refractivity contribution in [2.75, 3.05) is 13.1 Å². The molecule has 0 bridgehead atoms. The first-order chi connectivity index (χ1) is 13.2. The lowest BCUT2D eigenvalue weighted by Crippen LogP contribution is -2.42. The molecule has 0 radical (unpaired) electrons. The molecule has 3 nitrogen and oxygen atoms in total. The Balaban J connectivity index is 1.47. The van der Waals surface area contributed by atoms with E-state index >= 15 is 0 Å². The summed E-state index contributed by atoms with van der Waals surface area (Å²) in [6.07, 6.45) is 4.56. The van der Waals surface area contributed by atoms with Crippen LogP contribution in [0.2, 0.25) is 0 Å². The largest absolute Gasteiger partial charge is 0.338 e. The number of likely N-dealkylation sites (N-methyl/N-ethyl adjacent to an activating group) is 1. The first kappa shape index (κ1) is 18.2. The van der Waals surface area contributed by atoms with Crippen LogP contribution in [-0.2, 0) is 17.8 Å². The van der Waals surface area contributed by atoms with Crippen molar-refractivity contribution in [3.63, 3.8) is 0 Å². The highest BCUT2D eigenvalue weighted by atomic mass is 19.1. The summed E-state index contributed by atoms with van der Waals surface area (Å²) in [6.45, 7) is 3.54. The summed E-state index contributed by atoms with van der Waals surface area (Å²) >= 11 is 0. The maximum absolute atomic E-state index is 13.5. The van der Waals surface area contributed by atoms with Crippen LogP contribution in [0.4, 0.5) is 4.39 Å². The third-order valence-electron chi connectivity index (χ3n) is 5.83. The molecule has 4 heteroatoms. The topological polar surface area (TPSA) is 23.6 Å². The van der Waals surface area contributed by atoms with E-state index in [9.17, 15) is 9.18 Å². The maximum Gasteiger partial charge on any atom is 0.237 e. The summed E-state index contributed by atoms with van der Waals surface area (Å²) in [4.78, 5) is 17.3. The van der Waals surface area contributed by atoms with Gasteiger partial charge in [0.2, 0.25) is 5.91 Å². The van der Waals surface area contributed by atoms with Crippen molar-refractivity contribution < 1.29 is 9.18 Å². The second-order valence-corrected chi connectivity index (χ2v) is 7.69. The number of amides is 1. The fourth-order valence-corrected chi connectivity index (χ4v) is 4.27. The molecule has 0 saturated heterocycles. The zero-order chi connectivity index (χ0) is 18.8. The first-order valence-electron chi connectivity index (χ1n) is 10.0. The van der Waals surface area contributed by atoms with Crippen molar-refractivity contribution in [3.8, 4) is 0 Å². The molecule has 0 aromatic heterocycles. The van der Waals surface area contributed by atoms with Gasteiger partial charge in [-0.05, 0) is 61.4 Å². The predicted octanol–water partition coefficient (Wildman–Crippen LogP) is 4.33. The number of halogens is 1. The molecule has 0 heterocycles. The van der Waals surface area contributed by atoms with Crippen molar-refractivity contribution >= 4 is 5.91 Å². The van der Waals surface area contributed by atoms with E-state index in [1.807, 2.05) is 17.9 Å². The Kier molecular flexibility index (Phi) is 5.26. The average Bonchev–Trinajstić information content (AvgIpc) is 3.43. The first-order valence-corrected chi connectivity index (χ1v) is 10.0. The van der Waals surface area contributed by atoms with E-state index in [0.29, 0.717) is 31.7 Å². The summed E-state index contributed by atoms with van der Waals surface area (Å²) in [6, 6.07) is 16.1. The molecule has 0 aliphatic heterocycles. The van der Waals surface area contributed by atoms with Gasteiger partial charge in [-0.1, -0.05) is 36.4 Å². The second-order valence-electron chi connectivity index (χ2n) is 7.69. The van der Waals surface area contributed by atoms with Gasteiger partial charge < -0.3 is 4.90 Å². The van der Waals surface area contributed by atoms with Crippen LogP contribution in [0.3, 0.4) is 0 Å². The van der Waals surface area contributed by atoms with Gasteiger partial charge in [0.05, 0.1) is 6.54 Å². The van der Waals surface area contributed by atoms with E-state index in [-0.39, 0.29) is 11.7 Å². The Morgan fingerprint density at radius 2 is 1.93 bits per heavy atom. The molecule has 2 aromatic carbocycles. The Morgan fingerprint density at radius 1 is 1.11 bits per heavy atom. The Bertz CT molecular complexity index is 818. The number of fused-ring (bicyclic) bond motifs is 1. The lowest BCUT2D eigenvalue weighted by Gasteiger charge is -2.31. The molecule has 1 fully saturated rings. The number of benzene rings is 2. The van der Waals surface area contributed by atoms with Crippen molar-refractivity contribution in [2.45, 2.75) is 51.2 Å². The molecule has 1 atom stereocenters. The molecule has 4 rings (SSSR count). The van der Waals surface area contributed by atoms with Gasteiger partial charge >= 0.3 is 0 Å². The van der Waals surface area contributed by atoms with Gasteiger partial charge in [-0.2, -0.15) is 0 Å². The fraction of sp³-hybridized carbons (Fsp3) is 0.435. The number of carbonyl (C=O) groups excluding carboxylic acids is 1. The summed E-state index contributed by atoms with van der Waals surface area (Å²) < 4.78 is 13.5. The van der Waals surface area contributed by atoms with Crippen LogP contribution in [0.15, 0.2) is 48.5 Å². The van der Waals surface area contributed by atoms with Crippen molar-refractivity contribution in [2.24, 2.45) is 0 Å². The molecule has 1 unspecified atom stereocenters. The van der Waals surface area contributed by atoms with E-state index in [1.54, 1.807) is 6.07 Å². The van der Waals surface area contributed by atoms with Crippen molar-refractivity contribution in [1.82, 2.24) is 9.80 Å².